The molecule has 1 aromatic rings. The molecule has 2 N–H and O–H groups in total. The molecule has 4 nitrogen and oxygen atoms in total. The third-order valence-electron chi connectivity index (χ3n) is 2.11. The van der Waals surface area contributed by atoms with E-state index in [1.807, 2.05) is 24.3 Å². The molecule has 0 heterocycles. The summed E-state index contributed by atoms with van der Waals surface area (Å²) in [6, 6.07) is 7.59. The summed E-state index contributed by atoms with van der Waals surface area (Å²) in [6.07, 6.45) is 0.901. The fourth-order valence-electron chi connectivity index (χ4n) is 1.32. The Bertz CT molecular complexity index is 291. The smallest absolute Gasteiger partial charge is 0.161 e. The third-order valence-corrected chi connectivity index (χ3v) is 2.11. The molecule has 1 rings (SSSR count). The summed E-state index contributed by atoms with van der Waals surface area (Å²) in [7, 11) is 1.63. The molecule has 0 saturated heterocycles. The number of aliphatic hydroxyl groups is 1. The summed E-state index contributed by atoms with van der Waals surface area (Å²) in [5, 5.41) is 11.6. The van der Waals surface area contributed by atoms with Crippen molar-refractivity contribution in [3.63, 3.8) is 0 Å². The van der Waals surface area contributed by atoms with Crippen LogP contribution in [0.15, 0.2) is 24.3 Å². The van der Waals surface area contributed by atoms with Crippen LogP contribution in [-0.2, 0) is 0 Å². The van der Waals surface area contributed by atoms with Gasteiger partial charge in [0.2, 0.25) is 0 Å². The molecule has 0 saturated carbocycles. The molecule has 0 bridgehead atoms. The van der Waals surface area contributed by atoms with Crippen molar-refractivity contribution in [3.8, 4) is 11.5 Å². The van der Waals surface area contributed by atoms with Crippen molar-refractivity contribution in [2.45, 2.75) is 6.42 Å². The van der Waals surface area contributed by atoms with Crippen LogP contribution >= 0.6 is 0 Å². The molecular weight excluding hydrogens is 206 g/mol. The Balaban J connectivity index is 2.21. The van der Waals surface area contributed by atoms with Crippen molar-refractivity contribution in [2.24, 2.45) is 0 Å². The Morgan fingerprint density at radius 2 is 1.94 bits per heavy atom. The van der Waals surface area contributed by atoms with Crippen LogP contribution in [0.25, 0.3) is 0 Å². The highest BCUT2D eigenvalue weighted by molar-refractivity contribution is 5.39. The van der Waals surface area contributed by atoms with Gasteiger partial charge in [-0.1, -0.05) is 12.1 Å². The zero-order chi connectivity index (χ0) is 11.6. The largest absolute Gasteiger partial charge is 0.493 e. The summed E-state index contributed by atoms with van der Waals surface area (Å²) < 4.78 is 10.7. The molecule has 0 spiro atoms. The summed E-state index contributed by atoms with van der Waals surface area (Å²) >= 11 is 0. The number of hydrogen-bond donors (Lipinski definition) is 2. The molecule has 90 valence electrons. The maximum atomic E-state index is 8.56. The number of nitrogens with one attached hydrogen (secondary N) is 1. The topological polar surface area (TPSA) is 50.7 Å². The van der Waals surface area contributed by atoms with Gasteiger partial charge < -0.3 is 19.9 Å². The summed E-state index contributed by atoms with van der Waals surface area (Å²) in [6.45, 7) is 2.29. The normalized spacial score (nSPS) is 10.1. The lowest BCUT2D eigenvalue weighted by Gasteiger charge is -2.10. The number of hydrogen-bond acceptors (Lipinski definition) is 4. The molecule has 0 fully saturated rings. The fourth-order valence-corrected chi connectivity index (χ4v) is 1.32. The van der Waals surface area contributed by atoms with Gasteiger partial charge in [0.25, 0.3) is 0 Å². The van der Waals surface area contributed by atoms with Gasteiger partial charge in [0, 0.05) is 6.54 Å². The van der Waals surface area contributed by atoms with Gasteiger partial charge in [-0.2, -0.15) is 0 Å². The van der Waals surface area contributed by atoms with Gasteiger partial charge in [0.15, 0.2) is 11.5 Å². The van der Waals surface area contributed by atoms with E-state index in [9.17, 15) is 0 Å². The Kier molecular flexibility index (Phi) is 6.37. The lowest BCUT2D eigenvalue weighted by Crippen LogP contribution is -2.20. The van der Waals surface area contributed by atoms with Gasteiger partial charge in [0.05, 0.1) is 20.3 Å². The molecular formula is C12H19NO3. The Hall–Kier alpha value is -1.26. The number of aliphatic hydroxyl groups excluding tert-OH is 1. The predicted octanol–water partition coefficient (Wildman–Crippen LogP) is 1.05. The summed E-state index contributed by atoms with van der Waals surface area (Å²) in [5.74, 6) is 1.53. The van der Waals surface area contributed by atoms with Crippen molar-refractivity contribution in [3.05, 3.63) is 24.3 Å². The molecule has 0 aliphatic rings. The number of rotatable bonds is 8. The second-order valence-electron chi connectivity index (χ2n) is 3.33. The van der Waals surface area contributed by atoms with Crippen LogP contribution in [0.1, 0.15) is 6.42 Å². The molecule has 16 heavy (non-hydrogen) atoms. The number of methoxy groups -OCH3 is 1. The van der Waals surface area contributed by atoms with Gasteiger partial charge >= 0.3 is 0 Å². The molecule has 0 aliphatic heterocycles. The number of ether oxygens (including phenoxy) is 2. The quantitative estimate of drug-likeness (QED) is 0.649. The van der Waals surface area contributed by atoms with Crippen molar-refractivity contribution in [1.29, 1.82) is 0 Å². The zero-order valence-corrected chi connectivity index (χ0v) is 9.61. The standard InChI is InChI=1S/C12H19NO3/c1-15-11-5-2-3-6-12(11)16-10-4-7-13-8-9-14/h2-3,5-6,13-14H,4,7-10H2,1H3. The fraction of sp³-hybridized carbons (Fsp3) is 0.500. The minimum absolute atomic E-state index is 0.174. The van der Waals surface area contributed by atoms with E-state index in [0.29, 0.717) is 13.2 Å². The van der Waals surface area contributed by atoms with E-state index in [2.05, 4.69) is 5.32 Å². The summed E-state index contributed by atoms with van der Waals surface area (Å²) in [4.78, 5) is 0. The van der Waals surface area contributed by atoms with Crippen LogP contribution < -0.4 is 14.8 Å². The Labute approximate surface area is 96.2 Å². The molecule has 0 atom stereocenters. The van der Waals surface area contributed by atoms with Crippen LogP contribution in [0.2, 0.25) is 0 Å². The maximum absolute atomic E-state index is 8.56. The first kappa shape index (κ1) is 12.8. The van der Waals surface area contributed by atoms with Gasteiger partial charge in [-0.15, -0.1) is 0 Å². The van der Waals surface area contributed by atoms with Crippen LogP contribution in [0.5, 0.6) is 11.5 Å². The van der Waals surface area contributed by atoms with Gasteiger partial charge in [0.1, 0.15) is 0 Å². The Morgan fingerprint density at radius 1 is 1.19 bits per heavy atom. The second-order valence-corrected chi connectivity index (χ2v) is 3.33. The van der Waals surface area contributed by atoms with Crippen LogP contribution in [0.3, 0.4) is 0 Å². The van der Waals surface area contributed by atoms with Crippen LogP contribution in [-0.4, -0.2) is 38.5 Å². The van der Waals surface area contributed by atoms with E-state index in [1.54, 1.807) is 7.11 Å². The molecule has 0 aliphatic carbocycles. The highest BCUT2D eigenvalue weighted by Crippen LogP contribution is 2.25. The minimum Gasteiger partial charge on any atom is -0.493 e. The average molecular weight is 225 g/mol. The summed E-state index contributed by atoms with van der Waals surface area (Å²) in [5.41, 5.74) is 0. The van der Waals surface area contributed by atoms with Crippen molar-refractivity contribution < 1.29 is 14.6 Å². The average Bonchev–Trinajstić information content (AvgIpc) is 2.34. The zero-order valence-electron chi connectivity index (χ0n) is 9.61. The third kappa shape index (κ3) is 4.51. The van der Waals surface area contributed by atoms with Crippen molar-refractivity contribution in [2.75, 3.05) is 33.4 Å². The first-order chi connectivity index (χ1) is 7.88. The van der Waals surface area contributed by atoms with E-state index in [0.717, 1.165) is 24.5 Å². The number of benzene rings is 1. The number of para-hydroxylation sites is 2. The van der Waals surface area contributed by atoms with Gasteiger partial charge in [-0.25, -0.2) is 0 Å². The predicted molar refractivity (Wildman–Crippen MR) is 63.1 cm³/mol. The molecule has 0 unspecified atom stereocenters. The minimum atomic E-state index is 0.174. The lowest BCUT2D eigenvalue weighted by atomic mass is 10.3. The molecule has 4 heteroatoms. The first-order valence-corrected chi connectivity index (χ1v) is 5.46. The lowest BCUT2D eigenvalue weighted by molar-refractivity contribution is 0.275. The van der Waals surface area contributed by atoms with Crippen molar-refractivity contribution >= 4 is 0 Å². The van der Waals surface area contributed by atoms with E-state index in [1.165, 1.54) is 0 Å². The molecule has 1 aromatic carbocycles. The highest BCUT2D eigenvalue weighted by atomic mass is 16.5. The van der Waals surface area contributed by atoms with E-state index in [-0.39, 0.29) is 6.61 Å². The van der Waals surface area contributed by atoms with E-state index >= 15 is 0 Å². The highest BCUT2D eigenvalue weighted by Gasteiger charge is 2.01. The maximum Gasteiger partial charge on any atom is 0.161 e. The second kappa shape index (κ2) is 7.96. The molecule has 0 radical (unpaired) electrons. The van der Waals surface area contributed by atoms with E-state index < -0.39 is 0 Å². The van der Waals surface area contributed by atoms with Crippen molar-refractivity contribution in [1.82, 2.24) is 5.32 Å². The van der Waals surface area contributed by atoms with E-state index in [4.69, 9.17) is 14.6 Å². The Morgan fingerprint density at radius 3 is 2.62 bits per heavy atom. The monoisotopic (exact) mass is 225 g/mol. The molecule has 0 amide bonds. The van der Waals surface area contributed by atoms with Gasteiger partial charge in [-0.3, -0.25) is 0 Å². The first-order valence-electron chi connectivity index (χ1n) is 5.46. The SMILES string of the molecule is COc1ccccc1OCCCNCCO. The molecule has 0 aromatic heterocycles. The van der Waals surface area contributed by atoms with Crippen LogP contribution in [0.4, 0.5) is 0 Å². The van der Waals surface area contributed by atoms with Gasteiger partial charge in [-0.05, 0) is 25.1 Å². The van der Waals surface area contributed by atoms with Crippen LogP contribution in [0, 0.1) is 0 Å².